The molecule has 21 heavy (non-hydrogen) atoms. The van der Waals surface area contributed by atoms with Crippen molar-refractivity contribution < 1.29 is 0 Å². The molecule has 0 amide bonds. The van der Waals surface area contributed by atoms with Crippen LogP contribution < -0.4 is 0 Å². The standard InChI is InChI=1S/2C6H13N.C5H12N2/c2*1-6(2)5-7(3)4;1-5(2)6-7(3)4/h2*5H,1-4H3;1-4H3. The van der Waals surface area contributed by atoms with E-state index in [1.807, 2.05) is 65.9 Å². The molecular formula is C17H38N4. The lowest BCUT2D eigenvalue weighted by Gasteiger charge is -2.03. The fourth-order valence-electron chi connectivity index (χ4n) is 1.43. The highest BCUT2D eigenvalue weighted by Crippen LogP contribution is 1.88. The molecule has 0 saturated carbocycles. The molecule has 0 fully saturated rings. The third-order valence-corrected chi connectivity index (χ3v) is 1.43. The zero-order valence-electron chi connectivity index (χ0n) is 16.4. The van der Waals surface area contributed by atoms with E-state index in [1.54, 1.807) is 5.01 Å². The molecule has 0 bridgehead atoms. The third kappa shape index (κ3) is 45.6. The summed E-state index contributed by atoms with van der Waals surface area (Å²) in [6.45, 7) is 12.3. The summed E-state index contributed by atoms with van der Waals surface area (Å²) in [4.78, 5) is 4.07. The van der Waals surface area contributed by atoms with Crippen LogP contribution in [0.25, 0.3) is 0 Å². The lowest BCUT2D eigenvalue weighted by atomic mass is 10.4. The summed E-state index contributed by atoms with van der Waals surface area (Å²) in [6.07, 6.45) is 4.17. The lowest BCUT2D eigenvalue weighted by molar-refractivity contribution is 0.437. The quantitative estimate of drug-likeness (QED) is 0.583. The van der Waals surface area contributed by atoms with Crippen LogP contribution >= 0.6 is 0 Å². The van der Waals surface area contributed by atoms with Gasteiger partial charge >= 0.3 is 0 Å². The van der Waals surface area contributed by atoms with Gasteiger partial charge in [0.1, 0.15) is 0 Å². The summed E-state index contributed by atoms with van der Waals surface area (Å²) in [5.74, 6) is 0. The third-order valence-electron chi connectivity index (χ3n) is 1.43. The van der Waals surface area contributed by atoms with Crippen LogP contribution in [0.1, 0.15) is 41.5 Å². The highest BCUT2D eigenvalue weighted by atomic mass is 15.4. The Bertz CT molecular complexity index is 259. The number of hydrogen-bond donors (Lipinski definition) is 0. The predicted molar refractivity (Wildman–Crippen MR) is 98.7 cm³/mol. The number of hydrogen-bond acceptors (Lipinski definition) is 4. The molecule has 4 nitrogen and oxygen atoms in total. The molecule has 0 radical (unpaired) electrons. The molecule has 0 heterocycles. The van der Waals surface area contributed by atoms with Gasteiger partial charge in [-0.3, -0.25) is 0 Å². The second-order valence-corrected chi connectivity index (χ2v) is 6.23. The van der Waals surface area contributed by atoms with Crippen LogP contribution in [0, 0.1) is 0 Å². The van der Waals surface area contributed by atoms with E-state index in [0.717, 1.165) is 5.71 Å². The molecule has 0 rings (SSSR count). The van der Waals surface area contributed by atoms with Crippen LogP contribution in [0.15, 0.2) is 28.6 Å². The molecule has 0 N–H and O–H groups in total. The Morgan fingerprint density at radius 3 is 0.905 bits per heavy atom. The molecule has 0 aromatic carbocycles. The van der Waals surface area contributed by atoms with Crippen molar-refractivity contribution in [3.8, 4) is 0 Å². The number of rotatable bonds is 3. The van der Waals surface area contributed by atoms with Crippen molar-refractivity contribution in [3.05, 3.63) is 23.5 Å². The van der Waals surface area contributed by atoms with Gasteiger partial charge in [0.05, 0.1) is 0 Å². The lowest BCUT2D eigenvalue weighted by Crippen LogP contribution is -2.03. The topological polar surface area (TPSA) is 22.1 Å². The Labute approximate surface area is 133 Å². The summed E-state index contributed by atoms with van der Waals surface area (Å²) in [6, 6.07) is 0. The number of allylic oxidation sites excluding steroid dienone is 2. The maximum Gasteiger partial charge on any atom is 0.0318 e. The summed E-state index contributed by atoms with van der Waals surface area (Å²) in [5.41, 5.74) is 3.76. The first-order valence-corrected chi connectivity index (χ1v) is 7.20. The molecule has 0 unspecified atom stereocenters. The maximum absolute atomic E-state index is 4.03. The van der Waals surface area contributed by atoms with Crippen molar-refractivity contribution >= 4 is 5.71 Å². The first-order valence-electron chi connectivity index (χ1n) is 7.20. The van der Waals surface area contributed by atoms with E-state index in [9.17, 15) is 0 Å². The molecule has 4 heteroatoms. The normalized spacial score (nSPS) is 8.00. The van der Waals surface area contributed by atoms with Crippen LogP contribution in [0.2, 0.25) is 0 Å². The predicted octanol–water partition coefficient (Wildman–Crippen LogP) is 3.89. The van der Waals surface area contributed by atoms with Crippen LogP contribution in [0.4, 0.5) is 0 Å². The summed E-state index contributed by atoms with van der Waals surface area (Å²) in [7, 11) is 11.9. The second-order valence-electron chi connectivity index (χ2n) is 6.23. The smallest absolute Gasteiger partial charge is 0.0318 e. The minimum absolute atomic E-state index is 1.09. The average Bonchev–Trinajstić information content (AvgIpc) is 2.10. The van der Waals surface area contributed by atoms with Crippen molar-refractivity contribution in [1.29, 1.82) is 0 Å². The maximum atomic E-state index is 4.03. The Balaban J connectivity index is -0.000000231. The van der Waals surface area contributed by atoms with Gasteiger partial charge in [0.15, 0.2) is 0 Å². The van der Waals surface area contributed by atoms with Gasteiger partial charge in [0, 0.05) is 48.0 Å². The van der Waals surface area contributed by atoms with Crippen molar-refractivity contribution in [3.63, 3.8) is 0 Å². The van der Waals surface area contributed by atoms with Gasteiger partial charge in [-0.1, -0.05) is 11.1 Å². The summed E-state index contributed by atoms with van der Waals surface area (Å²) in [5, 5.41) is 5.81. The van der Waals surface area contributed by atoms with E-state index < -0.39 is 0 Å². The van der Waals surface area contributed by atoms with Crippen molar-refractivity contribution in [2.75, 3.05) is 42.3 Å². The molecule has 0 atom stereocenters. The fourth-order valence-corrected chi connectivity index (χ4v) is 1.43. The first-order chi connectivity index (χ1) is 9.38. The molecule has 0 aliphatic carbocycles. The van der Waals surface area contributed by atoms with E-state index in [2.05, 4.69) is 45.2 Å². The van der Waals surface area contributed by atoms with Gasteiger partial charge in [-0.05, 0) is 53.9 Å². The van der Waals surface area contributed by atoms with E-state index in [-0.39, 0.29) is 0 Å². The van der Waals surface area contributed by atoms with Gasteiger partial charge in [-0.2, -0.15) is 5.10 Å². The SMILES string of the molecule is CC(C)=CN(C)C.CC(C)=CN(C)C.CC(C)=NN(C)C. The molecule has 126 valence electrons. The van der Waals surface area contributed by atoms with E-state index >= 15 is 0 Å². The summed E-state index contributed by atoms with van der Waals surface area (Å²) < 4.78 is 0. The Hall–Kier alpha value is -1.45. The van der Waals surface area contributed by atoms with Crippen LogP contribution in [0.3, 0.4) is 0 Å². The number of nitrogens with zero attached hydrogens (tertiary/aromatic N) is 4. The van der Waals surface area contributed by atoms with Gasteiger partial charge in [0.2, 0.25) is 0 Å². The zero-order valence-corrected chi connectivity index (χ0v) is 16.4. The second kappa shape index (κ2) is 14.9. The fraction of sp³-hybridized carbons (Fsp3) is 0.706. The highest BCUT2D eigenvalue weighted by Gasteiger charge is 1.77. The Morgan fingerprint density at radius 1 is 0.619 bits per heavy atom. The monoisotopic (exact) mass is 298 g/mol. The van der Waals surface area contributed by atoms with Crippen LogP contribution in [-0.4, -0.2) is 62.8 Å². The minimum Gasteiger partial charge on any atom is -0.384 e. The minimum atomic E-state index is 1.09. The first kappa shape index (κ1) is 24.6. The van der Waals surface area contributed by atoms with Crippen molar-refractivity contribution in [1.82, 2.24) is 14.8 Å². The molecule has 0 spiro atoms. The zero-order chi connectivity index (χ0) is 17.6. The molecule has 0 aliphatic heterocycles. The van der Waals surface area contributed by atoms with E-state index in [4.69, 9.17) is 0 Å². The summed E-state index contributed by atoms with van der Waals surface area (Å²) >= 11 is 0. The van der Waals surface area contributed by atoms with Crippen molar-refractivity contribution in [2.45, 2.75) is 41.5 Å². The molecule has 0 aliphatic rings. The Kier molecular flexibility index (Phi) is 17.5. The van der Waals surface area contributed by atoms with Gasteiger partial charge in [0.25, 0.3) is 0 Å². The largest absolute Gasteiger partial charge is 0.384 e. The molecular weight excluding hydrogens is 260 g/mol. The van der Waals surface area contributed by atoms with E-state index in [1.165, 1.54) is 11.1 Å². The van der Waals surface area contributed by atoms with Crippen LogP contribution in [0.5, 0.6) is 0 Å². The highest BCUT2D eigenvalue weighted by molar-refractivity contribution is 5.78. The van der Waals surface area contributed by atoms with Gasteiger partial charge in [-0.15, -0.1) is 0 Å². The number of hydrazone groups is 1. The molecule has 0 aromatic rings. The average molecular weight is 299 g/mol. The van der Waals surface area contributed by atoms with Crippen molar-refractivity contribution in [2.24, 2.45) is 5.10 Å². The van der Waals surface area contributed by atoms with Crippen LogP contribution in [-0.2, 0) is 0 Å². The van der Waals surface area contributed by atoms with Gasteiger partial charge in [-0.25, -0.2) is 0 Å². The van der Waals surface area contributed by atoms with Gasteiger partial charge < -0.3 is 14.8 Å². The molecule has 0 saturated heterocycles. The van der Waals surface area contributed by atoms with E-state index in [0.29, 0.717) is 0 Å². The Morgan fingerprint density at radius 2 is 0.905 bits per heavy atom. The molecule has 0 aromatic heterocycles.